The molecule has 0 atom stereocenters. The Morgan fingerprint density at radius 2 is 1.45 bits per heavy atom. The summed E-state index contributed by atoms with van der Waals surface area (Å²) in [6, 6.07) is -0.257. The van der Waals surface area contributed by atoms with Crippen molar-refractivity contribution in [2.75, 3.05) is 19.7 Å². The third-order valence-corrected chi connectivity index (χ3v) is 2.65. The van der Waals surface area contributed by atoms with Crippen LogP contribution in [0.1, 0.15) is 41.5 Å². The van der Waals surface area contributed by atoms with Gasteiger partial charge in [0.15, 0.2) is 0 Å². The molecule has 2 amide bonds. The van der Waals surface area contributed by atoms with Crippen LogP contribution in [0.5, 0.6) is 0 Å². The first kappa shape index (κ1) is 29.0. The normalized spacial score (nSPS) is 11.9. The Kier molecular flexibility index (Phi) is 11.7. The van der Waals surface area contributed by atoms with Crippen LogP contribution >= 0.6 is 0 Å². The Morgan fingerprint density at radius 3 is 1.72 bits per heavy atom. The molecule has 7 nitrogen and oxygen atoms in total. The van der Waals surface area contributed by atoms with E-state index in [0.717, 1.165) is 0 Å². The summed E-state index contributed by atoms with van der Waals surface area (Å²) < 4.78 is 78.3. The van der Waals surface area contributed by atoms with E-state index in [-0.39, 0.29) is 25.7 Å². The summed E-state index contributed by atoms with van der Waals surface area (Å²) in [5.74, 6) is -4.16. The maximum atomic E-state index is 12.0. The highest BCUT2D eigenvalue weighted by atomic mass is 19.4. The van der Waals surface area contributed by atoms with Crippen molar-refractivity contribution in [3.8, 4) is 0 Å². The number of rotatable bonds is 5. The maximum absolute atomic E-state index is 12.0. The second-order valence-electron chi connectivity index (χ2n) is 6.74. The van der Waals surface area contributed by atoms with Gasteiger partial charge in [-0.2, -0.15) is 26.3 Å². The Hall–Kier alpha value is -2.21. The molecule has 0 bridgehead atoms. The Balaban J connectivity index is 0. The lowest BCUT2D eigenvalue weighted by molar-refractivity contribution is -0.199. The summed E-state index contributed by atoms with van der Waals surface area (Å²) >= 11 is 0. The SMILES string of the molecule is CC(C)N(CCNC(=O)C(F)(F)F)C(=O)OC(C)(C)C.CCOC(=O)C(F)(F)F. The van der Waals surface area contributed by atoms with Gasteiger partial charge in [-0.15, -0.1) is 0 Å². The highest BCUT2D eigenvalue weighted by molar-refractivity contribution is 5.81. The van der Waals surface area contributed by atoms with E-state index >= 15 is 0 Å². The highest BCUT2D eigenvalue weighted by Gasteiger charge is 2.40. The molecule has 13 heteroatoms. The smallest absolute Gasteiger partial charge is 0.459 e. The third kappa shape index (κ3) is 14.4. The molecule has 0 aromatic carbocycles. The van der Waals surface area contributed by atoms with Crippen molar-refractivity contribution in [2.24, 2.45) is 0 Å². The second-order valence-corrected chi connectivity index (χ2v) is 6.74. The average Bonchev–Trinajstić information content (AvgIpc) is 2.48. The summed E-state index contributed by atoms with van der Waals surface area (Å²) in [5, 5.41) is 1.71. The molecule has 0 fully saturated rings. The summed E-state index contributed by atoms with van der Waals surface area (Å²) in [6.07, 6.45) is -10.4. The molecule has 0 aliphatic carbocycles. The number of ether oxygens (including phenoxy) is 2. The molecule has 0 saturated carbocycles. The summed E-state index contributed by atoms with van der Waals surface area (Å²) in [7, 11) is 0. The van der Waals surface area contributed by atoms with Crippen molar-refractivity contribution >= 4 is 18.0 Å². The number of amides is 2. The number of carbonyl (C=O) groups excluding carboxylic acids is 3. The first-order valence-electron chi connectivity index (χ1n) is 8.41. The van der Waals surface area contributed by atoms with Crippen molar-refractivity contribution in [2.45, 2.75) is 65.5 Å². The molecule has 0 aliphatic heterocycles. The monoisotopic (exact) mass is 440 g/mol. The first-order valence-corrected chi connectivity index (χ1v) is 8.41. The summed E-state index contributed by atoms with van der Waals surface area (Å²) in [4.78, 5) is 33.5. The fraction of sp³-hybridized carbons (Fsp3) is 0.812. The van der Waals surface area contributed by atoms with Crippen molar-refractivity contribution in [3.63, 3.8) is 0 Å². The molecule has 0 aliphatic rings. The molecule has 0 rings (SSSR count). The summed E-state index contributed by atoms with van der Waals surface area (Å²) in [6.45, 7) is 9.18. The molecule has 0 saturated heterocycles. The zero-order valence-corrected chi connectivity index (χ0v) is 17.0. The zero-order valence-electron chi connectivity index (χ0n) is 17.0. The van der Waals surface area contributed by atoms with E-state index in [9.17, 15) is 40.7 Å². The fourth-order valence-corrected chi connectivity index (χ4v) is 1.48. The standard InChI is InChI=1S/C12H21F3N2O3.C4H5F3O2/c1-8(2)17(10(19)20-11(3,4)5)7-6-16-9(18)12(13,14)15;1-2-9-3(8)4(5,6)7/h8H,6-7H2,1-5H3,(H,16,18);2H2,1H3. The Morgan fingerprint density at radius 1 is 0.966 bits per heavy atom. The fourth-order valence-electron chi connectivity index (χ4n) is 1.48. The van der Waals surface area contributed by atoms with E-state index in [0.29, 0.717) is 0 Å². The molecule has 0 unspecified atom stereocenters. The number of nitrogens with zero attached hydrogens (tertiary/aromatic N) is 1. The largest absolute Gasteiger partial charge is 0.490 e. The van der Waals surface area contributed by atoms with Crippen LogP contribution in [0.3, 0.4) is 0 Å². The molecule has 0 aromatic heterocycles. The molecule has 0 aromatic rings. The molecular formula is C16H26F6N2O5. The van der Waals surface area contributed by atoms with Gasteiger partial charge in [0.25, 0.3) is 0 Å². The number of esters is 1. The van der Waals surface area contributed by atoms with E-state index in [4.69, 9.17) is 4.74 Å². The van der Waals surface area contributed by atoms with Gasteiger partial charge in [-0.3, -0.25) is 4.79 Å². The number of nitrogens with one attached hydrogen (secondary N) is 1. The zero-order chi connectivity index (χ0) is 23.6. The molecule has 172 valence electrons. The van der Waals surface area contributed by atoms with Crippen LogP contribution < -0.4 is 5.32 Å². The minimum absolute atomic E-state index is 0.0611. The highest BCUT2D eigenvalue weighted by Crippen LogP contribution is 2.16. The third-order valence-electron chi connectivity index (χ3n) is 2.65. The Labute approximate surface area is 164 Å². The van der Waals surface area contributed by atoms with Gasteiger partial charge in [0, 0.05) is 19.1 Å². The lowest BCUT2D eigenvalue weighted by Gasteiger charge is -2.30. The molecule has 0 heterocycles. The van der Waals surface area contributed by atoms with Crippen LogP contribution in [0.4, 0.5) is 31.1 Å². The van der Waals surface area contributed by atoms with Crippen molar-refractivity contribution in [1.82, 2.24) is 10.2 Å². The lowest BCUT2D eigenvalue weighted by Crippen LogP contribution is -2.46. The van der Waals surface area contributed by atoms with E-state index in [1.165, 1.54) is 11.8 Å². The number of carbonyl (C=O) groups is 3. The van der Waals surface area contributed by atoms with Crippen LogP contribution in [-0.2, 0) is 19.1 Å². The lowest BCUT2D eigenvalue weighted by atomic mass is 10.2. The van der Waals surface area contributed by atoms with Crippen LogP contribution in [0.15, 0.2) is 0 Å². The number of hydrogen-bond donors (Lipinski definition) is 1. The minimum atomic E-state index is -4.92. The summed E-state index contributed by atoms with van der Waals surface area (Å²) in [5.41, 5.74) is -0.695. The van der Waals surface area contributed by atoms with Crippen LogP contribution in [-0.4, -0.2) is 66.6 Å². The van der Waals surface area contributed by atoms with Crippen LogP contribution in [0.25, 0.3) is 0 Å². The quantitative estimate of drug-likeness (QED) is 0.523. The number of hydrogen-bond acceptors (Lipinski definition) is 5. The van der Waals surface area contributed by atoms with Crippen molar-refractivity contribution < 1.29 is 50.2 Å². The predicted octanol–water partition coefficient (Wildman–Crippen LogP) is 3.42. The molecule has 0 radical (unpaired) electrons. The van der Waals surface area contributed by atoms with Gasteiger partial charge in [-0.05, 0) is 41.5 Å². The van der Waals surface area contributed by atoms with Gasteiger partial charge in [0.05, 0.1) is 6.61 Å². The molecule has 1 N–H and O–H groups in total. The predicted molar refractivity (Wildman–Crippen MR) is 89.8 cm³/mol. The van der Waals surface area contributed by atoms with Gasteiger partial charge in [0.1, 0.15) is 5.60 Å². The van der Waals surface area contributed by atoms with E-state index < -0.39 is 35.9 Å². The van der Waals surface area contributed by atoms with Gasteiger partial charge in [-0.1, -0.05) is 0 Å². The van der Waals surface area contributed by atoms with E-state index in [2.05, 4.69) is 4.74 Å². The van der Waals surface area contributed by atoms with Crippen LogP contribution in [0, 0.1) is 0 Å². The van der Waals surface area contributed by atoms with Gasteiger partial charge < -0.3 is 19.7 Å². The van der Waals surface area contributed by atoms with Crippen LogP contribution in [0.2, 0.25) is 0 Å². The average molecular weight is 440 g/mol. The van der Waals surface area contributed by atoms with Crippen molar-refractivity contribution in [3.05, 3.63) is 0 Å². The first-order chi connectivity index (χ1) is 12.8. The Bertz CT molecular complexity index is 541. The van der Waals surface area contributed by atoms with Gasteiger partial charge >= 0.3 is 30.3 Å². The topological polar surface area (TPSA) is 84.9 Å². The van der Waals surface area contributed by atoms with Crippen molar-refractivity contribution in [1.29, 1.82) is 0 Å². The molecule has 29 heavy (non-hydrogen) atoms. The minimum Gasteiger partial charge on any atom is -0.459 e. The molecular weight excluding hydrogens is 414 g/mol. The van der Waals surface area contributed by atoms with Gasteiger partial charge in [0.2, 0.25) is 0 Å². The number of halogens is 6. The van der Waals surface area contributed by atoms with Gasteiger partial charge in [-0.25, -0.2) is 9.59 Å². The van der Waals surface area contributed by atoms with E-state index in [1.54, 1.807) is 39.9 Å². The van der Waals surface area contributed by atoms with E-state index in [1.807, 2.05) is 0 Å². The number of alkyl halides is 6. The molecule has 0 spiro atoms. The maximum Gasteiger partial charge on any atom is 0.490 e. The second kappa shape index (κ2) is 11.7.